The van der Waals surface area contributed by atoms with Gasteiger partial charge in [-0.05, 0) is 30.4 Å². The van der Waals surface area contributed by atoms with Gasteiger partial charge in [0, 0.05) is 4.47 Å². The van der Waals surface area contributed by atoms with E-state index in [0.717, 1.165) is 10.2 Å². The first-order valence-corrected chi connectivity index (χ1v) is 7.15. The van der Waals surface area contributed by atoms with Crippen molar-refractivity contribution in [3.05, 3.63) is 38.8 Å². The number of nitrogens with zero attached hydrogens (tertiary/aromatic N) is 3. The quantitative estimate of drug-likeness (QED) is 0.694. The third-order valence-electron chi connectivity index (χ3n) is 2.78. The molecule has 1 aromatic carbocycles. The molecule has 0 saturated heterocycles. The van der Waals surface area contributed by atoms with Crippen LogP contribution in [-0.4, -0.2) is 26.6 Å². The average Bonchev–Trinajstić information content (AvgIpc) is 2.77. The van der Waals surface area contributed by atoms with Gasteiger partial charge >= 0.3 is 0 Å². The maximum atomic E-state index is 6.26. The standard InChI is InChI=1S/C12H8BrClN4OS/c1-19-11-9-10(15-5-16-11)18(12(20)17-9)8-4-6(13)2-3-7(8)14/h2-5H,1H3,(H,17,20). The van der Waals surface area contributed by atoms with Crippen LogP contribution in [0.4, 0.5) is 0 Å². The molecule has 0 atom stereocenters. The van der Waals surface area contributed by atoms with Gasteiger partial charge in [0.15, 0.2) is 10.4 Å². The van der Waals surface area contributed by atoms with Crippen LogP contribution in [0, 0.1) is 4.77 Å². The number of hydrogen-bond acceptors (Lipinski definition) is 4. The number of nitrogens with one attached hydrogen (secondary N) is 1. The molecule has 8 heteroatoms. The van der Waals surface area contributed by atoms with E-state index in [1.165, 1.54) is 6.33 Å². The van der Waals surface area contributed by atoms with Gasteiger partial charge in [-0.3, -0.25) is 4.57 Å². The molecule has 0 unspecified atom stereocenters. The van der Waals surface area contributed by atoms with Gasteiger partial charge in [0.05, 0.1) is 17.8 Å². The Morgan fingerprint density at radius 1 is 1.40 bits per heavy atom. The summed E-state index contributed by atoms with van der Waals surface area (Å²) in [6.45, 7) is 0. The summed E-state index contributed by atoms with van der Waals surface area (Å²) in [6.07, 6.45) is 1.42. The number of rotatable bonds is 2. The molecule has 5 nitrogen and oxygen atoms in total. The number of ether oxygens (including phenoxy) is 1. The van der Waals surface area contributed by atoms with Crippen LogP contribution in [0.25, 0.3) is 16.9 Å². The molecule has 0 fully saturated rings. The summed E-state index contributed by atoms with van der Waals surface area (Å²) in [5, 5.41) is 0.572. The second kappa shape index (κ2) is 5.16. The number of methoxy groups -OCH3 is 1. The molecule has 0 radical (unpaired) electrons. The van der Waals surface area contributed by atoms with Crippen molar-refractivity contribution in [1.82, 2.24) is 19.5 Å². The number of fused-ring (bicyclic) bond motifs is 1. The largest absolute Gasteiger partial charge is 0.479 e. The maximum absolute atomic E-state index is 6.26. The molecule has 0 aliphatic rings. The minimum Gasteiger partial charge on any atom is -0.479 e. The molecule has 0 aliphatic carbocycles. The van der Waals surface area contributed by atoms with Gasteiger partial charge in [-0.15, -0.1) is 0 Å². The van der Waals surface area contributed by atoms with Crippen LogP contribution in [0.15, 0.2) is 29.0 Å². The van der Waals surface area contributed by atoms with Crippen LogP contribution >= 0.6 is 39.7 Å². The molecule has 3 rings (SSSR count). The van der Waals surface area contributed by atoms with Gasteiger partial charge in [-0.1, -0.05) is 27.5 Å². The number of aromatic nitrogens is 4. The Balaban J connectivity index is 2.40. The van der Waals surface area contributed by atoms with Crippen LogP contribution in [-0.2, 0) is 0 Å². The summed E-state index contributed by atoms with van der Waals surface area (Å²) in [6, 6.07) is 5.53. The minimum atomic E-state index is 0.436. The van der Waals surface area contributed by atoms with E-state index in [-0.39, 0.29) is 0 Å². The van der Waals surface area contributed by atoms with Crippen molar-refractivity contribution in [1.29, 1.82) is 0 Å². The fourth-order valence-electron chi connectivity index (χ4n) is 1.93. The summed E-state index contributed by atoms with van der Waals surface area (Å²) >= 11 is 15.0. The number of imidazole rings is 1. The maximum Gasteiger partial charge on any atom is 0.242 e. The minimum absolute atomic E-state index is 0.436. The lowest BCUT2D eigenvalue weighted by molar-refractivity contribution is 0.401. The Hall–Kier alpha value is -1.44. The highest BCUT2D eigenvalue weighted by Crippen LogP contribution is 2.29. The normalized spacial score (nSPS) is 10.9. The van der Waals surface area contributed by atoms with Crippen molar-refractivity contribution in [3.63, 3.8) is 0 Å². The zero-order chi connectivity index (χ0) is 14.3. The van der Waals surface area contributed by atoms with Crippen LogP contribution in [0.5, 0.6) is 5.88 Å². The summed E-state index contributed by atoms with van der Waals surface area (Å²) in [4.78, 5) is 11.4. The molecule has 0 amide bonds. The first kappa shape index (κ1) is 13.5. The van der Waals surface area contributed by atoms with E-state index in [2.05, 4.69) is 30.9 Å². The van der Waals surface area contributed by atoms with E-state index >= 15 is 0 Å². The van der Waals surface area contributed by atoms with Crippen molar-refractivity contribution < 1.29 is 4.74 Å². The zero-order valence-corrected chi connectivity index (χ0v) is 13.4. The van der Waals surface area contributed by atoms with E-state index in [4.69, 9.17) is 28.6 Å². The molecule has 3 aromatic rings. The van der Waals surface area contributed by atoms with Crippen molar-refractivity contribution in [3.8, 4) is 11.6 Å². The molecule has 0 aliphatic heterocycles. The van der Waals surface area contributed by atoms with E-state index < -0.39 is 0 Å². The molecule has 102 valence electrons. The topological polar surface area (TPSA) is 55.7 Å². The van der Waals surface area contributed by atoms with Gasteiger partial charge in [0.2, 0.25) is 5.88 Å². The van der Waals surface area contributed by atoms with E-state index in [1.54, 1.807) is 17.7 Å². The monoisotopic (exact) mass is 370 g/mol. The molecule has 0 saturated carbocycles. The predicted molar refractivity (Wildman–Crippen MR) is 83.3 cm³/mol. The third kappa shape index (κ3) is 2.11. The second-order valence-corrected chi connectivity index (χ2v) is 5.65. The predicted octanol–water partition coefficient (Wildman–Crippen LogP) is 3.90. The fourth-order valence-corrected chi connectivity index (χ4v) is 2.77. The molecule has 20 heavy (non-hydrogen) atoms. The Kier molecular flexibility index (Phi) is 3.49. The van der Waals surface area contributed by atoms with Crippen molar-refractivity contribution in [2.45, 2.75) is 0 Å². The first-order chi connectivity index (χ1) is 9.61. The van der Waals surface area contributed by atoms with Crippen molar-refractivity contribution >= 4 is 50.9 Å². The highest BCUT2D eigenvalue weighted by atomic mass is 79.9. The van der Waals surface area contributed by atoms with E-state index in [9.17, 15) is 0 Å². The highest BCUT2D eigenvalue weighted by Gasteiger charge is 2.14. The average molecular weight is 372 g/mol. The molecular weight excluding hydrogens is 364 g/mol. The lowest BCUT2D eigenvalue weighted by Crippen LogP contribution is -1.98. The second-order valence-electron chi connectivity index (χ2n) is 3.94. The van der Waals surface area contributed by atoms with Gasteiger partial charge < -0.3 is 9.72 Å². The third-order valence-corrected chi connectivity index (χ3v) is 3.88. The van der Waals surface area contributed by atoms with Crippen molar-refractivity contribution in [2.24, 2.45) is 0 Å². The summed E-state index contributed by atoms with van der Waals surface area (Å²) in [5.74, 6) is 0.436. The summed E-state index contributed by atoms with van der Waals surface area (Å²) in [7, 11) is 1.54. The Morgan fingerprint density at radius 2 is 2.20 bits per heavy atom. The number of benzene rings is 1. The molecule has 0 bridgehead atoms. The molecule has 1 N–H and O–H groups in total. The molecule has 2 aromatic heterocycles. The van der Waals surface area contributed by atoms with Crippen LogP contribution in [0.1, 0.15) is 0 Å². The zero-order valence-electron chi connectivity index (χ0n) is 10.2. The Morgan fingerprint density at radius 3 is 2.95 bits per heavy atom. The smallest absolute Gasteiger partial charge is 0.242 e. The first-order valence-electron chi connectivity index (χ1n) is 5.57. The van der Waals surface area contributed by atoms with E-state index in [0.29, 0.717) is 26.8 Å². The van der Waals surface area contributed by atoms with Gasteiger partial charge in [-0.25, -0.2) is 4.98 Å². The number of aromatic amines is 1. The number of halogens is 2. The van der Waals surface area contributed by atoms with Crippen LogP contribution < -0.4 is 4.74 Å². The highest BCUT2D eigenvalue weighted by molar-refractivity contribution is 9.10. The van der Waals surface area contributed by atoms with Gasteiger partial charge in [0.25, 0.3) is 0 Å². The lowest BCUT2D eigenvalue weighted by Gasteiger charge is -2.07. The molecular formula is C12H8BrClN4OS. The molecule has 0 spiro atoms. The Bertz CT molecular complexity index is 860. The summed E-state index contributed by atoms with van der Waals surface area (Å²) in [5.41, 5.74) is 1.98. The number of H-pyrrole nitrogens is 1. The van der Waals surface area contributed by atoms with Gasteiger partial charge in [-0.2, -0.15) is 4.98 Å². The molecule has 2 heterocycles. The Labute approximate surface area is 132 Å². The summed E-state index contributed by atoms with van der Waals surface area (Å²) < 4.78 is 8.32. The van der Waals surface area contributed by atoms with E-state index in [1.807, 2.05) is 12.1 Å². The van der Waals surface area contributed by atoms with Crippen LogP contribution in [0.3, 0.4) is 0 Å². The van der Waals surface area contributed by atoms with Crippen molar-refractivity contribution in [2.75, 3.05) is 7.11 Å². The number of hydrogen-bond donors (Lipinski definition) is 1. The fraction of sp³-hybridized carbons (Fsp3) is 0.0833. The van der Waals surface area contributed by atoms with Gasteiger partial charge in [0.1, 0.15) is 11.8 Å². The SMILES string of the molecule is COc1ncnc2c1[nH]c(=S)n2-c1cc(Br)ccc1Cl. The van der Waals surface area contributed by atoms with Crippen LogP contribution in [0.2, 0.25) is 5.02 Å². The lowest BCUT2D eigenvalue weighted by atomic mass is 10.3.